The topological polar surface area (TPSA) is 100 Å². The minimum atomic E-state index is 0.440. The minimum absolute atomic E-state index is 0.440. The highest BCUT2D eigenvalue weighted by Crippen LogP contribution is 1.96. The van der Waals surface area contributed by atoms with Gasteiger partial charge in [0.15, 0.2) is 11.6 Å². The molecule has 0 fully saturated rings. The first-order valence-electron chi connectivity index (χ1n) is 5.15. The maximum atomic E-state index is 4.08. The summed E-state index contributed by atoms with van der Waals surface area (Å²) in [5.74, 6) is 1.80. The van der Waals surface area contributed by atoms with Gasteiger partial charge < -0.3 is 0 Å². The van der Waals surface area contributed by atoms with Crippen molar-refractivity contribution in [2.45, 2.75) is 0 Å². The molecule has 1 aliphatic rings. The van der Waals surface area contributed by atoms with Crippen LogP contribution < -0.4 is 10.9 Å². The summed E-state index contributed by atoms with van der Waals surface area (Å²) in [6, 6.07) is 3.46. The van der Waals surface area contributed by atoms with E-state index in [-0.39, 0.29) is 0 Å². The van der Waals surface area contributed by atoms with E-state index in [1.54, 1.807) is 36.9 Å². The van der Waals surface area contributed by atoms with Crippen LogP contribution in [0, 0.1) is 0 Å². The number of aromatic nitrogens is 4. The molecule has 0 aromatic carbocycles. The van der Waals surface area contributed by atoms with E-state index >= 15 is 0 Å². The lowest BCUT2D eigenvalue weighted by molar-refractivity contribution is 0.856. The second-order valence-corrected chi connectivity index (χ2v) is 3.29. The average Bonchev–Trinajstić information content (AvgIpc) is 2.49. The van der Waals surface area contributed by atoms with Crippen LogP contribution >= 0.6 is 0 Å². The molecule has 3 rings (SSSR count). The van der Waals surface area contributed by atoms with Gasteiger partial charge in [-0.1, -0.05) is 0 Å². The second kappa shape index (κ2) is 4.53. The average molecular weight is 240 g/mol. The van der Waals surface area contributed by atoms with Crippen molar-refractivity contribution < 1.29 is 0 Å². The van der Waals surface area contributed by atoms with E-state index in [0.29, 0.717) is 23.3 Å². The number of hydrogen-bond acceptors (Lipinski definition) is 8. The zero-order valence-corrected chi connectivity index (χ0v) is 9.15. The van der Waals surface area contributed by atoms with E-state index in [1.165, 1.54) is 0 Å². The summed E-state index contributed by atoms with van der Waals surface area (Å²) in [5.41, 5.74) is 5.51. The van der Waals surface area contributed by atoms with Gasteiger partial charge in [0.1, 0.15) is 0 Å². The van der Waals surface area contributed by atoms with Gasteiger partial charge in [-0.3, -0.25) is 10.9 Å². The predicted octanol–water partition coefficient (Wildman–Crippen LogP) is -0.517. The van der Waals surface area contributed by atoms with Crippen molar-refractivity contribution in [2.75, 3.05) is 0 Å². The Labute approximate surface area is 102 Å². The molecule has 0 amide bonds. The van der Waals surface area contributed by atoms with E-state index in [4.69, 9.17) is 0 Å². The van der Waals surface area contributed by atoms with Gasteiger partial charge in [0.05, 0.1) is 0 Å². The first kappa shape index (κ1) is 10.3. The largest absolute Gasteiger partial charge is 0.255 e. The number of rotatable bonds is 2. The maximum Gasteiger partial charge on any atom is 0.211 e. The van der Waals surface area contributed by atoms with Gasteiger partial charge in [-0.05, 0) is 12.1 Å². The second-order valence-electron chi connectivity index (χ2n) is 3.29. The zero-order chi connectivity index (χ0) is 12.2. The molecule has 2 N–H and O–H groups in total. The lowest BCUT2D eigenvalue weighted by Gasteiger charge is -2.12. The Kier molecular flexibility index (Phi) is 2.59. The Hall–Kier alpha value is -2.90. The molecule has 3 heterocycles. The molecule has 8 heteroatoms. The summed E-state index contributed by atoms with van der Waals surface area (Å²) in [7, 11) is 0. The maximum absolute atomic E-state index is 4.08. The molecular formula is C10H8N8. The van der Waals surface area contributed by atoms with Gasteiger partial charge in [-0.2, -0.15) is 10.2 Å². The van der Waals surface area contributed by atoms with Gasteiger partial charge in [-0.25, -0.2) is 19.9 Å². The molecule has 2 aromatic heterocycles. The lowest BCUT2D eigenvalue weighted by Crippen LogP contribution is -2.36. The third kappa shape index (κ3) is 1.98. The van der Waals surface area contributed by atoms with Crippen LogP contribution in [0.5, 0.6) is 0 Å². The quantitative estimate of drug-likeness (QED) is 0.732. The molecule has 0 bridgehead atoms. The Morgan fingerprint density at radius 3 is 1.33 bits per heavy atom. The summed E-state index contributed by atoms with van der Waals surface area (Å²) in [5, 5.41) is 8.15. The van der Waals surface area contributed by atoms with Crippen LogP contribution in [0.15, 0.2) is 47.1 Å². The van der Waals surface area contributed by atoms with Crippen LogP contribution in [0.2, 0.25) is 0 Å². The van der Waals surface area contributed by atoms with Crippen LogP contribution in [0.25, 0.3) is 0 Å². The fourth-order valence-corrected chi connectivity index (χ4v) is 1.31. The van der Waals surface area contributed by atoms with Crippen molar-refractivity contribution in [2.24, 2.45) is 10.2 Å². The molecule has 0 aliphatic carbocycles. The Bertz CT molecular complexity index is 536. The van der Waals surface area contributed by atoms with Crippen molar-refractivity contribution in [1.82, 2.24) is 30.8 Å². The third-order valence-electron chi connectivity index (χ3n) is 2.10. The summed E-state index contributed by atoms with van der Waals surface area (Å²) in [6.45, 7) is 0. The highest BCUT2D eigenvalue weighted by Gasteiger charge is 2.14. The predicted molar refractivity (Wildman–Crippen MR) is 63.4 cm³/mol. The van der Waals surface area contributed by atoms with Crippen molar-refractivity contribution in [3.8, 4) is 0 Å². The van der Waals surface area contributed by atoms with Crippen molar-refractivity contribution in [1.29, 1.82) is 0 Å². The van der Waals surface area contributed by atoms with Crippen molar-refractivity contribution in [3.63, 3.8) is 0 Å². The molecule has 0 atom stereocenters. The van der Waals surface area contributed by atoms with E-state index < -0.39 is 0 Å². The highest BCUT2D eigenvalue weighted by atomic mass is 15.5. The first-order chi connectivity index (χ1) is 8.93. The summed E-state index contributed by atoms with van der Waals surface area (Å²) < 4.78 is 0. The Morgan fingerprint density at radius 1 is 0.611 bits per heavy atom. The summed E-state index contributed by atoms with van der Waals surface area (Å²) in [4.78, 5) is 16.2. The Balaban J connectivity index is 1.79. The van der Waals surface area contributed by atoms with E-state index in [9.17, 15) is 0 Å². The molecule has 18 heavy (non-hydrogen) atoms. The van der Waals surface area contributed by atoms with Crippen LogP contribution in [-0.2, 0) is 0 Å². The smallest absolute Gasteiger partial charge is 0.211 e. The van der Waals surface area contributed by atoms with E-state index in [0.717, 1.165) is 0 Å². The molecule has 2 aromatic rings. The van der Waals surface area contributed by atoms with Gasteiger partial charge >= 0.3 is 0 Å². The molecule has 0 saturated carbocycles. The molecule has 0 saturated heterocycles. The van der Waals surface area contributed by atoms with E-state index in [1.807, 2.05) is 0 Å². The normalized spacial score (nSPS) is 14.0. The fraction of sp³-hybridized carbons (Fsp3) is 0. The third-order valence-corrected chi connectivity index (χ3v) is 2.10. The molecular weight excluding hydrogens is 232 g/mol. The molecule has 0 unspecified atom stereocenters. The monoisotopic (exact) mass is 240 g/mol. The van der Waals surface area contributed by atoms with Crippen LogP contribution in [-0.4, -0.2) is 31.6 Å². The van der Waals surface area contributed by atoms with Gasteiger partial charge in [0.2, 0.25) is 11.7 Å². The molecule has 8 nitrogen and oxygen atoms in total. The molecule has 1 aliphatic heterocycles. The summed E-state index contributed by atoms with van der Waals surface area (Å²) in [6.07, 6.45) is 6.52. The van der Waals surface area contributed by atoms with Crippen LogP contribution in [0.4, 0.5) is 0 Å². The van der Waals surface area contributed by atoms with Gasteiger partial charge in [0, 0.05) is 24.8 Å². The lowest BCUT2D eigenvalue weighted by atomic mass is 10.5. The van der Waals surface area contributed by atoms with Gasteiger partial charge in [-0.15, -0.1) is 0 Å². The minimum Gasteiger partial charge on any atom is -0.255 e. The molecule has 0 radical (unpaired) electrons. The number of amidine groups is 2. The van der Waals surface area contributed by atoms with E-state index in [2.05, 4.69) is 41.0 Å². The zero-order valence-electron chi connectivity index (χ0n) is 9.15. The number of hydrazone groups is 2. The van der Waals surface area contributed by atoms with Gasteiger partial charge in [0.25, 0.3) is 0 Å². The number of hydrogen-bond donors (Lipinski definition) is 2. The standard InChI is InChI=1S/C10H8N8/c1-3-11-7(12-4-1)9-15-17-10(18-16-9)8-13-5-2-6-14-8/h1-6H,(H,15,16)(H,17,18). The van der Waals surface area contributed by atoms with Crippen molar-refractivity contribution in [3.05, 3.63) is 48.6 Å². The highest BCUT2D eigenvalue weighted by molar-refractivity contribution is 6.02. The molecule has 0 spiro atoms. The summed E-state index contributed by atoms with van der Waals surface area (Å²) >= 11 is 0. The van der Waals surface area contributed by atoms with Crippen LogP contribution in [0.3, 0.4) is 0 Å². The Morgan fingerprint density at radius 2 is 1.00 bits per heavy atom. The molecule has 88 valence electrons. The number of nitrogens with zero attached hydrogens (tertiary/aromatic N) is 6. The first-order valence-corrected chi connectivity index (χ1v) is 5.15. The van der Waals surface area contributed by atoms with Crippen molar-refractivity contribution >= 4 is 11.7 Å². The number of nitrogens with one attached hydrogen (secondary N) is 2. The SMILES string of the molecule is c1cnc(C2=NNC(c3ncccn3)=NN2)nc1. The fourth-order valence-electron chi connectivity index (χ4n) is 1.31. The van der Waals surface area contributed by atoms with Crippen LogP contribution in [0.1, 0.15) is 11.6 Å².